The highest BCUT2D eigenvalue weighted by Crippen LogP contribution is 2.42. The predicted molar refractivity (Wildman–Crippen MR) is 68.1 cm³/mol. The molecular formula is C13H20N4. The minimum Gasteiger partial charge on any atom is -0.381 e. The van der Waals surface area contributed by atoms with Crippen molar-refractivity contribution in [1.29, 1.82) is 0 Å². The molecule has 4 nitrogen and oxygen atoms in total. The van der Waals surface area contributed by atoms with Gasteiger partial charge >= 0.3 is 0 Å². The number of nitrogens with zero attached hydrogens (tertiary/aromatic N) is 2. The van der Waals surface area contributed by atoms with Gasteiger partial charge in [-0.25, -0.2) is 9.97 Å². The summed E-state index contributed by atoms with van der Waals surface area (Å²) in [5.74, 6) is 2.35. The summed E-state index contributed by atoms with van der Waals surface area (Å²) in [6.07, 6.45) is 8.38. The Balaban J connectivity index is 1.84. The molecule has 1 heterocycles. The summed E-state index contributed by atoms with van der Waals surface area (Å²) < 4.78 is 0. The summed E-state index contributed by atoms with van der Waals surface area (Å²) in [6.45, 7) is 1.44. The maximum atomic E-state index is 5.53. The van der Waals surface area contributed by atoms with Crippen LogP contribution in [0, 0.1) is 0 Å². The molecule has 4 heteroatoms. The van der Waals surface area contributed by atoms with Crippen LogP contribution in [0.5, 0.6) is 0 Å². The van der Waals surface area contributed by atoms with Gasteiger partial charge in [0.1, 0.15) is 5.82 Å². The number of rotatable bonds is 5. The van der Waals surface area contributed by atoms with Crippen molar-refractivity contribution in [3.05, 3.63) is 17.7 Å². The fourth-order valence-corrected chi connectivity index (χ4v) is 2.28. The second kappa shape index (κ2) is 4.61. The van der Waals surface area contributed by atoms with E-state index in [0.717, 1.165) is 18.1 Å². The van der Waals surface area contributed by atoms with Crippen LogP contribution in [-0.4, -0.2) is 23.1 Å². The Hall–Kier alpha value is -1.16. The van der Waals surface area contributed by atoms with Crippen molar-refractivity contribution in [2.75, 3.05) is 18.4 Å². The molecule has 0 atom stereocenters. The Morgan fingerprint density at radius 2 is 2.06 bits per heavy atom. The van der Waals surface area contributed by atoms with E-state index < -0.39 is 0 Å². The van der Waals surface area contributed by atoms with Gasteiger partial charge in [0.05, 0.1) is 17.6 Å². The minimum atomic E-state index is 0.636. The molecular weight excluding hydrogens is 212 g/mol. The van der Waals surface area contributed by atoms with E-state index in [4.69, 9.17) is 10.7 Å². The van der Waals surface area contributed by atoms with Crippen LogP contribution in [0.4, 0.5) is 5.69 Å². The van der Waals surface area contributed by atoms with Crippen LogP contribution >= 0.6 is 0 Å². The topological polar surface area (TPSA) is 63.8 Å². The van der Waals surface area contributed by atoms with Gasteiger partial charge in [0.15, 0.2) is 0 Å². The zero-order valence-electron chi connectivity index (χ0n) is 10.2. The number of hydrogen-bond donors (Lipinski definition) is 2. The Labute approximate surface area is 102 Å². The zero-order valence-corrected chi connectivity index (χ0v) is 10.2. The number of nitrogens with two attached hydrogens (primary N) is 1. The van der Waals surface area contributed by atoms with Crippen LogP contribution in [-0.2, 0) is 0 Å². The van der Waals surface area contributed by atoms with Gasteiger partial charge in [-0.2, -0.15) is 0 Å². The number of hydrogen-bond acceptors (Lipinski definition) is 4. The lowest BCUT2D eigenvalue weighted by atomic mass is 9.82. The van der Waals surface area contributed by atoms with E-state index in [2.05, 4.69) is 10.3 Å². The predicted octanol–water partition coefficient (Wildman–Crippen LogP) is 1.99. The molecule has 0 radical (unpaired) electrons. The highest BCUT2D eigenvalue weighted by atomic mass is 15.0. The van der Waals surface area contributed by atoms with Crippen molar-refractivity contribution >= 4 is 5.69 Å². The molecule has 17 heavy (non-hydrogen) atoms. The Morgan fingerprint density at radius 1 is 1.24 bits per heavy atom. The van der Waals surface area contributed by atoms with Crippen LogP contribution in [0.2, 0.25) is 0 Å². The van der Waals surface area contributed by atoms with Crippen LogP contribution in [0.25, 0.3) is 0 Å². The summed E-state index contributed by atoms with van der Waals surface area (Å²) in [4.78, 5) is 9.28. The molecule has 0 saturated heterocycles. The summed E-state index contributed by atoms with van der Waals surface area (Å²) in [5.41, 5.74) is 7.87. The molecule has 0 unspecified atom stereocenters. The van der Waals surface area contributed by atoms with E-state index in [-0.39, 0.29) is 0 Å². The molecule has 1 aromatic rings. The van der Waals surface area contributed by atoms with E-state index in [1.165, 1.54) is 37.8 Å². The molecule has 0 amide bonds. The lowest BCUT2D eigenvalue weighted by molar-refractivity contribution is 0.410. The molecule has 3 rings (SSSR count). The van der Waals surface area contributed by atoms with Gasteiger partial charge < -0.3 is 11.1 Å². The first-order valence-corrected chi connectivity index (χ1v) is 6.69. The molecule has 3 N–H and O–H groups in total. The van der Waals surface area contributed by atoms with Gasteiger partial charge in [0.25, 0.3) is 0 Å². The van der Waals surface area contributed by atoms with Gasteiger partial charge in [-0.3, -0.25) is 0 Å². The summed E-state index contributed by atoms with van der Waals surface area (Å²) in [5, 5.41) is 3.35. The minimum absolute atomic E-state index is 0.636. The Kier molecular flexibility index (Phi) is 2.97. The third-order valence-corrected chi connectivity index (χ3v) is 3.73. The number of nitrogens with one attached hydrogen (secondary N) is 1. The molecule has 2 fully saturated rings. The van der Waals surface area contributed by atoms with E-state index >= 15 is 0 Å². The highest BCUT2D eigenvalue weighted by molar-refractivity contribution is 5.48. The van der Waals surface area contributed by atoms with Gasteiger partial charge in [-0.05, 0) is 25.7 Å². The highest BCUT2D eigenvalue weighted by Gasteiger charge is 2.30. The molecule has 2 aliphatic carbocycles. The Morgan fingerprint density at radius 3 is 2.65 bits per heavy atom. The molecule has 1 aromatic heterocycles. The molecule has 2 saturated carbocycles. The first-order chi connectivity index (χ1) is 8.38. The van der Waals surface area contributed by atoms with Crippen molar-refractivity contribution < 1.29 is 0 Å². The average molecular weight is 232 g/mol. The van der Waals surface area contributed by atoms with Crippen LogP contribution in [0.3, 0.4) is 0 Å². The van der Waals surface area contributed by atoms with E-state index in [0.29, 0.717) is 18.4 Å². The second-order valence-corrected chi connectivity index (χ2v) is 5.14. The first kappa shape index (κ1) is 11.0. The molecule has 0 aromatic carbocycles. The summed E-state index contributed by atoms with van der Waals surface area (Å²) in [7, 11) is 0. The van der Waals surface area contributed by atoms with Crippen LogP contribution in [0.1, 0.15) is 55.5 Å². The van der Waals surface area contributed by atoms with Crippen molar-refractivity contribution in [3.8, 4) is 0 Å². The number of aromatic nitrogens is 2. The summed E-state index contributed by atoms with van der Waals surface area (Å²) >= 11 is 0. The average Bonchev–Trinajstić information content (AvgIpc) is 3.09. The largest absolute Gasteiger partial charge is 0.381 e. The van der Waals surface area contributed by atoms with Crippen molar-refractivity contribution in [3.63, 3.8) is 0 Å². The van der Waals surface area contributed by atoms with Crippen molar-refractivity contribution in [2.45, 2.75) is 43.9 Å². The van der Waals surface area contributed by atoms with Crippen LogP contribution < -0.4 is 11.1 Å². The fourth-order valence-electron chi connectivity index (χ4n) is 2.28. The molecule has 92 valence electrons. The van der Waals surface area contributed by atoms with Gasteiger partial charge in [0, 0.05) is 24.9 Å². The van der Waals surface area contributed by atoms with Crippen LogP contribution in [0.15, 0.2) is 6.20 Å². The monoisotopic (exact) mass is 232 g/mol. The van der Waals surface area contributed by atoms with Gasteiger partial charge in [-0.1, -0.05) is 6.42 Å². The zero-order chi connectivity index (χ0) is 11.7. The van der Waals surface area contributed by atoms with E-state index in [1.807, 2.05) is 6.20 Å². The normalized spacial score (nSPS) is 20.1. The maximum Gasteiger partial charge on any atom is 0.131 e. The van der Waals surface area contributed by atoms with Gasteiger partial charge in [0.2, 0.25) is 0 Å². The Bertz CT molecular complexity index is 396. The third kappa shape index (κ3) is 2.27. The second-order valence-electron chi connectivity index (χ2n) is 5.14. The number of anilines is 1. The summed E-state index contributed by atoms with van der Waals surface area (Å²) in [6, 6.07) is 0. The SMILES string of the molecule is NCCNc1cnc(C2CC2)nc1C1CCC1. The molecule has 0 aliphatic heterocycles. The smallest absolute Gasteiger partial charge is 0.131 e. The first-order valence-electron chi connectivity index (χ1n) is 6.69. The lowest BCUT2D eigenvalue weighted by Gasteiger charge is -2.27. The van der Waals surface area contributed by atoms with E-state index in [9.17, 15) is 0 Å². The van der Waals surface area contributed by atoms with Crippen molar-refractivity contribution in [1.82, 2.24) is 9.97 Å². The molecule has 0 bridgehead atoms. The standard InChI is InChI=1S/C13H20N4/c14-6-7-15-11-8-16-13(10-4-5-10)17-12(11)9-2-1-3-9/h8-10,15H,1-7,14H2. The quantitative estimate of drug-likeness (QED) is 0.815. The maximum absolute atomic E-state index is 5.53. The third-order valence-electron chi connectivity index (χ3n) is 3.73. The van der Waals surface area contributed by atoms with E-state index in [1.54, 1.807) is 0 Å². The van der Waals surface area contributed by atoms with Crippen molar-refractivity contribution in [2.24, 2.45) is 5.73 Å². The fraction of sp³-hybridized carbons (Fsp3) is 0.692. The van der Waals surface area contributed by atoms with Gasteiger partial charge in [-0.15, -0.1) is 0 Å². The lowest BCUT2D eigenvalue weighted by Crippen LogP contribution is -2.19. The molecule has 0 spiro atoms. The molecule has 2 aliphatic rings.